The van der Waals surface area contributed by atoms with E-state index in [0.717, 1.165) is 29.8 Å². The maximum absolute atomic E-state index is 12.5. The molecule has 0 fully saturated rings. The smallest absolute Gasteiger partial charge is 0.285 e. The fourth-order valence-electron chi connectivity index (χ4n) is 2.89. The van der Waals surface area contributed by atoms with E-state index in [9.17, 15) is 4.79 Å². The van der Waals surface area contributed by atoms with Gasteiger partial charge in [-0.05, 0) is 26.0 Å². The monoisotopic (exact) mass is 309 g/mol. The van der Waals surface area contributed by atoms with Crippen molar-refractivity contribution in [1.82, 2.24) is 14.7 Å². The van der Waals surface area contributed by atoms with Gasteiger partial charge in [-0.3, -0.25) is 9.36 Å². The molecule has 0 spiro atoms. The second-order valence-electron chi connectivity index (χ2n) is 5.47. The third-order valence-electron chi connectivity index (χ3n) is 3.97. The molecule has 2 aromatic heterocycles. The van der Waals surface area contributed by atoms with Crippen LogP contribution in [0.25, 0.3) is 10.9 Å². The summed E-state index contributed by atoms with van der Waals surface area (Å²) < 4.78 is 6.98. The molecule has 7 heteroatoms. The van der Waals surface area contributed by atoms with Crippen molar-refractivity contribution < 1.29 is 9.32 Å². The summed E-state index contributed by atoms with van der Waals surface area (Å²) in [5.74, 6) is 1.03. The number of anilines is 1. The van der Waals surface area contributed by atoms with Gasteiger partial charge < -0.3 is 9.84 Å². The number of carbonyl (C=O) groups excluding carboxylic acids is 1. The van der Waals surface area contributed by atoms with Crippen LogP contribution in [0.2, 0.25) is 0 Å². The molecule has 3 heterocycles. The van der Waals surface area contributed by atoms with Crippen molar-refractivity contribution >= 4 is 22.6 Å². The van der Waals surface area contributed by atoms with E-state index < -0.39 is 0 Å². The molecule has 0 saturated heterocycles. The summed E-state index contributed by atoms with van der Waals surface area (Å²) in [5.41, 5.74) is 2.14. The summed E-state index contributed by atoms with van der Waals surface area (Å²) in [6.45, 7) is 4.94. The average Bonchev–Trinajstić information content (AvgIpc) is 3.15. The predicted molar refractivity (Wildman–Crippen MR) is 84.1 cm³/mol. The van der Waals surface area contributed by atoms with Crippen molar-refractivity contribution in [2.45, 2.75) is 20.4 Å². The molecule has 3 aromatic rings. The molecular formula is C16H15N5O2. The van der Waals surface area contributed by atoms with Crippen molar-refractivity contribution in [3.63, 3.8) is 0 Å². The zero-order valence-electron chi connectivity index (χ0n) is 12.8. The number of rotatable bonds is 1. The van der Waals surface area contributed by atoms with Crippen molar-refractivity contribution in [3.05, 3.63) is 46.9 Å². The van der Waals surface area contributed by atoms with E-state index >= 15 is 0 Å². The van der Waals surface area contributed by atoms with Crippen LogP contribution < -0.4 is 10.9 Å². The molecule has 1 aromatic carbocycles. The lowest BCUT2D eigenvalue weighted by molar-refractivity contribution is 0.0994. The van der Waals surface area contributed by atoms with Crippen LogP contribution in [0, 0.1) is 13.8 Å². The fraction of sp³-hybridized carbons (Fsp3) is 0.250. The molecule has 0 unspecified atom stereocenters. The molecule has 0 aliphatic carbocycles. The molecule has 4 rings (SSSR count). The Labute approximate surface area is 131 Å². The van der Waals surface area contributed by atoms with E-state index in [1.54, 1.807) is 13.8 Å². The number of hydrogen-bond acceptors (Lipinski definition) is 5. The Morgan fingerprint density at radius 1 is 1.35 bits per heavy atom. The molecule has 1 amide bonds. The lowest BCUT2D eigenvalue weighted by Crippen LogP contribution is -2.25. The van der Waals surface area contributed by atoms with Gasteiger partial charge >= 0.3 is 0 Å². The first-order valence-electron chi connectivity index (χ1n) is 7.40. The van der Waals surface area contributed by atoms with Crippen LogP contribution in [-0.4, -0.2) is 27.2 Å². The predicted octanol–water partition coefficient (Wildman–Crippen LogP) is 1.81. The number of benzene rings is 1. The lowest BCUT2D eigenvalue weighted by Gasteiger charge is -2.07. The Kier molecular flexibility index (Phi) is 3.00. The quantitative estimate of drug-likeness (QED) is 0.741. The number of carbonyl (C=O) groups is 1. The minimum Gasteiger partial charge on any atom is -0.369 e. The summed E-state index contributed by atoms with van der Waals surface area (Å²) in [6.07, 6.45) is 0. The van der Waals surface area contributed by atoms with Gasteiger partial charge in [0.15, 0.2) is 0 Å². The number of nitrogens with one attached hydrogen (secondary N) is 1. The Morgan fingerprint density at radius 3 is 2.96 bits per heavy atom. The highest BCUT2D eigenvalue weighted by Crippen LogP contribution is 2.22. The summed E-state index contributed by atoms with van der Waals surface area (Å²) in [4.78, 5) is 21.3. The van der Waals surface area contributed by atoms with Crippen molar-refractivity contribution in [2.75, 3.05) is 11.9 Å². The van der Waals surface area contributed by atoms with Gasteiger partial charge in [-0.2, -0.15) is 4.99 Å². The summed E-state index contributed by atoms with van der Waals surface area (Å²) in [5, 5.41) is 8.16. The third kappa shape index (κ3) is 2.12. The highest BCUT2D eigenvalue weighted by molar-refractivity contribution is 5.97. The summed E-state index contributed by atoms with van der Waals surface area (Å²) in [6, 6.07) is 7.81. The first-order chi connectivity index (χ1) is 11.1. The molecule has 1 aliphatic rings. The van der Waals surface area contributed by atoms with Gasteiger partial charge in [0.1, 0.15) is 17.1 Å². The van der Waals surface area contributed by atoms with E-state index in [1.165, 1.54) is 0 Å². The minimum atomic E-state index is -0.384. The Balaban J connectivity index is 1.94. The Morgan fingerprint density at radius 2 is 2.17 bits per heavy atom. The van der Waals surface area contributed by atoms with Gasteiger partial charge in [0.2, 0.25) is 5.62 Å². The molecule has 0 atom stereocenters. The number of aryl methyl sites for hydroxylation is 2. The summed E-state index contributed by atoms with van der Waals surface area (Å²) >= 11 is 0. The summed E-state index contributed by atoms with van der Waals surface area (Å²) in [7, 11) is 0. The number of hydrogen-bond donors (Lipinski definition) is 1. The average molecular weight is 309 g/mol. The molecule has 0 saturated carbocycles. The molecule has 7 nitrogen and oxygen atoms in total. The number of amides is 1. The van der Waals surface area contributed by atoms with Crippen LogP contribution in [0.4, 0.5) is 5.82 Å². The maximum atomic E-state index is 12.5. The number of para-hydroxylation sites is 1. The first kappa shape index (κ1) is 13.7. The molecule has 0 bridgehead atoms. The van der Waals surface area contributed by atoms with Crippen LogP contribution in [0.5, 0.6) is 0 Å². The first-order valence-corrected chi connectivity index (χ1v) is 7.40. The third-order valence-corrected chi connectivity index (χ3v) is 3.97. The van der Waals surface area contributed by atoms with Crippen LogP contribution in [0.3, 0.4) is 0 Å². The van der Waals surface area contributed by atoms with Gasteiger partial charge in [0.25, 0.3) is 5.91 Å². The standard InChI is InChI=1S/C16H15N5O2/c1-9-13(10(2)23-20-9)15(22)19-16-18-12-6-4-3-5-11(12)14-17-7-8-21(14)16/h3-6,17H,7-8H2,1-2H3. The molecular weight excluding hydrogens is 294 g/mol. The second kappa shape index (κ2) is 5.05. The number of nitrogens with zero attached hydrogens (tertiary/aromatic N) is 4. The molecule has 1 aliphatic heterocycles. The highest BCUT2D eigenvalue weighted by atomic mass is 16.5. The zero-order valence-corrected chi connectivity index (χ0v) is 12.8. The van der Waals surface area contributed by atoms with Crippen molar-refractivity contribution in [2.24, 2.45) is 4.99 Å². The molecule has 1 N–H and O–H groups in total. The van der Waals surface area contributed by atoms with Crippen LogP contribution in [-0.2, 0) is 6.54 Å². The molecule has 116 valence electrons. The molecule has 0 radical (unpaired) electrons. The second-order valence-corrected chi connectivity index (χ2v) is 5.47. The van der Waals surface area contributed by atoms with Crippen molar-refractivity contribution in [3.8, 4) is 0 Å². The normalized spacial score (nSPS) is 14.1. The Hall–Kier alpha value is -2.96. The van der Waals surface area contributed by atoms with Crippen LogP contribution in [0.15, 0.2) is 33.8 Å². The maximum Gasteiger partial charge on any atom is 0.285 e. The van der Waals surface area contributed by atoms with Crippen molar-refractivity contribution in [1.29, 1.82) is 0 Å². The van der Waals surface area contributed by atoms with Gasteiger partial charge in [-0.1, -0.05) is 17.3 Å². The largest absolute Gasteiger partial charge is 0.369 e. The van der Waals surface area contributed by atoms with Gasteiger partial charge in [-0.15, -0.1) is 0 Å². The zero-order chi connectivity index (χ0) is 16.0. The van der Waals surface area contributed by atoms with Gasteiger partial charge in [0, 0.05) is 18.5 Å². The fourth-order valence-corrected chi connectivity index (χ4v) is 2.89. The number of fused-ring (bicyclic) bond motifs is 3. The number of aromatic nitrogens is 3. The van der Waals surface area contributed by atoms with E-state index in [2.05, 4.69) is 20.4 Å². The highest BCUT2D eigenvalue weighted by Gasteiger charge is 2.19. The van der Waals surface area contributed by atoms with E-state index in [-0.39, 0.29) is 5.91 Å². The van der Waals surface area contributed by atoms with Gasteiger partial charge in [-0.25, -0.2) is 4.98 Å². The Bertz CT molecular complexity index is 980. The van der Waals surface area contributed by atoms with Gasteiger partial charge in [0.05, 0.1) is 11.2 Å². The van der Waals surface area contributed by atoms with E-state index in [1.807, 2.05) is 28.8 Å². The topological polar surface area (TPSA) is 85.3 Å². The van der Waals surface area contributed by atoms with E-state index in [4.69, 9.17) is 4.52 Å². The molecule has 23 heavy (non-hydrogen) atoms. The SMILES string of the molecule is Cc1noc(C)c1C(=O)N=c1nc2ccccc2c2n1CCN2. The lowest BCUT2D eigenvalue weighted by atomic mass is 10.2. The minimum absolute atomic E-state index is 0.384. The van der Waals surface area contributed by atoms with Crippen LogP contribution in [0.1, 0.15) is 21.8 Å². The van der Waals surface area contributed by atoms with E-state index in [0.29, 0.717) is 22.6 Å². The van der Waals surface area contributed by atoms with Crippen LogP contribution >= 0.6 is 0 Å².